The molecule has 22 heavy (non-hydrogen) atoms. The van der Waals surface area contributed by atoms with E-state index in [1.165, 1.54) is 4.90 Å². The first-order chi connectivity index (χ1) is 10.4. The Balaban J connectivity index is 1.84. The van der Waals surface area contributed by atoms with Gasteiger partial charge in [-0.1, -0.05) is 12.1 Å². The number of hydrogen-bond donors (Lipinski definition) is 0. The van der Waals surface area contributed by atoms with Gasteiger partial charge in [0.25, 0.3) is 0 Å². The molecule has 0 N–H and O–H groups in total. The van der Waals surface area contributed by atoms with Crippen LogP contribution in [0.2, 0.25) is 0 Å². The molecule has 0 aliphatic carbocycles. The first-order valence-corrected chi connectivity index (χ1v) is 7.07. The van der Waals surface area contributed by atoms with Gasteiger partial charge in [-0.2, -0.15) is 13.2 Å². The molecule has 1 aliphatic heterocycles. The fourth-order valence-corrected chi connectivity index (χ4v) is 2.48. The van der Waals surface area contributed by atoms with Crippen molar-refractivity contribution < 1.29 is 22.7 Å². The number of rotatable bonds is 4. The second-order valence-electron chi connectivity index (χ2n) is 5.30. The van der Waals surface area contributed by atoms with Crippen molar-refractivity contribution in [1.82, 2.24) is 9.80 Å². The molecule has 0 atom stereocenters. The highest BCUT2D eigenvalue weighted by atomic mass is 19.4. The van der Waals surface area contributed by atoms with Gasteiger partial charge in [-0.25, -0.2) is 0 Å². The van der Waals surface area contributed by atoms with Crippen molar-refractivity contribution in [3.8, 4) is 5.75 Å². The topological polar surface area (TPSA) is 32.8 Å². The van der Waals surface area contributed by atoms with Crippen molar-refractivity contribution in [2.45, 2.75) is 12.6 Å². The molecule has 0 spiro atoms. The van der Waals surface area contributed by atoms with E-state index in [2.05, 4.69) is 0 Å². The zero-order chi connectivity index (χ0) is 16.2. The van der Waals surface area contributed by atoms with Crippen molar-refractivity contribution in [3.63, 3.8) is 0 Å². The van der Waals surface area contributed by atoms with Crippen LogP contribution in [0.15, 0.2) is 24.3 Å². The molecule has 1 amide bonds. The van der Waals surface area contributed by atoms with Crippen LogP contribution in [-0.4, -0.2) is 61.7 Å². The van der Waals surface area contributed by atoms with Gasteiger partial charge >= 0.3 is 6.18 Å². The van der Waals surface area contributed by atoms with Gasteiger partial charge in [0.2, 0.25) is 5.91 Å². The molecule has 0 radical (unpaired) electrons. The minimum atomic E-state index is -4.19. The summed E-state index contributed by atoms with van der Waals surface area (Å²) < 4.78 is 42.1. The average Bonchev–Trinajstić information content (AvgIpc) is 2.46. The van der Waals surface area contributed by atoms with Crippen LogP contribution < -0.4 is 4.74 Å². The van der Waals surface area contributed by atoms with Crippen LogP contribution in [0.4, 0.5) is 13.2 Å². The zero-order valence-corrected chi connectivity index (χ0v) is 12.4. The molecule has 2 rings (SSSR count). The van der Waals surface area contributed by atoms with E-state index in [4.69, 9.17) is 4.74 Å². The number of piperazine rings is 1. The smallest absolute Gasteiger partial charge is 0.401 e. The number of ether oxygens (including phenoxy) is 1. The molecule has 122 valence electrons. The predicted octanol–water partition coefficient (Wildman–Crippen LogP) is 1.94. The Morgan fingerprint density at radius 2 is 1.91 bits per heavy atom. The molecule has 0 bridgehead atoms. The number of methoxy groups -OCH3 is 1. The maximum absolute atomic E-state index is 12.3. The summed E-state index contributed by atoms with van der Waals surface area (Å²) >= 11 is 0. The number of halogens is 3. The summed E-state index contributed by atoms with van der Waals surface area (Å²) in [7, 11) is 1.56. The van der Waals surface area contributed by atoms with E-state index < -0.39 is 12.7 Å². The van der Waals surface area contributed by atoms with Crippen LogP contribution in [0, 0.1) is 0 Å². The maximum Gasteiger partial charge on any atom is 0.401 e. The van der Waals surface area contributed by atoms with Crippen LogP contribution in [0.3, 0.4) is 0 Å². The van der Waals surface area contributed by atoms with Crippen molar-refractivity contribution in [2.75, 3.05) is 39.8 Å². The number of amides is 1. The fourth-order valence-electron chi connectivity index (χ4n) is 2.48. The van der Waals surface area contributed by atoms with E-state index in [1.54, 1.807) is 24.1 Å². The number of benzene rings is 1. The molecule has 0 aromatic heterocycles. The third kappa shape index (κ3) is 4.91. The number of alkyl halides is 3. The first-order valence-electron chi connectivity index (χ1n) is 7.07. The molecule has 1 heterocycles. The quantitative estimate of drug-likeness (QED) is 0.851. The highest BCUT2D eigenvalue weighted by Crippen LogP contribution is 2.18. The summed E-state index contributed by atoms with van der Waals surface area (Å²) in [4.78, 5) is 15.1. The summed E-state index contributed by atoms with van der Waals surface area (Å²) in [6.07, 6.45) is -3.96. The van der Waals surface area contributed by atoms with E-state index in [9.17, 15) is 18.0 Å². The molecule has 7 heteroatoms. The lowest BCUT2D eigenvalue weighted by Crippen LogP contribution is -2.51. The summed E-state index contributed by atoms with van der Waals surface area (Å²) in [6.45, 7) is 0.259. The number of carbonyl (C=O) groups excluding carboxylic acids is 1. The summed E-state index contributed by atoms with van der Waals surface area (Å²) in [5.74, 6) is 0.611. The van der Waals surface area contributed by atoms with Gasteiger partial charge in [0.15, 0.2) is 0 Å². The molecule has 0 saturated carbocycles. The Bertz CT molecular complexity index is 512. The van der Waals surface area contributed by atoms with Gasteiger partial charge in [0, 0.05) is 26.2 Å². The standard InChI is InChI=1S/C15H19F3N2O2/c1-22-13-4-2-3-12(9-13)10-14(21)20-7-5-19(6-8-20)11-15(16,17)18/h2-4,9H,5-8,10-11H2,1H3. The number of hydrogen-bond acceptors (Lipinski definition) is 3. The van der Waals surface area contributed by atoms with Gasteiger partial charge in [0.1, 0.15) is 5.75 Å². The van der Waals surface area contributed by atoms with Crippen LogP contribution in [0.1, 0.15) is 5.56 Å². The Morgan fingerprint density at radius 1 is 1.23 bits per heavy atom. The zero-order valence-electron chi connectivity index (χ0n) is 12.4. The van der Waals surface area contributed by atoms with E-state index in [1.807, 2.05) is 12.1 Å². The second kappa shape index (κ2) is 7.00. The minimum absolute atomic E-state index is 0.0695. The molecular formula is C15H19F3N2O2. The monoisotopic (exact) mass is 316 g/mol. The van der Waals surface area contributed by atoms with Gasteiger partial charge < -0.3 is 9.64 Å². The lowest BCUT2D eigenvalue weighted by Gasteiger charge is -2.35. The fraction of sp³-hybridized carbons (Fsp3) is 0.533. The lowest BCUT2D eigenvalue weighted by molar-refractivity contribution is -0.151. The van der Waals surface area contributed by atoms with Crippen LogP contribution in [-0.2, 0) is 11.2 Å². The van der Waals surface area contributed by atoms with Crippen molar-refractivity contribution in [3.05, 3.63) is 29.8 Å². The highest BCUT2D eigenvalue weighted by molar-refractivity contribution is 5.79. The molecule has 1 saturated heterocycles. The molecular weight excluding hydrogens is 297 g/mol. The third-order valence-electron chi connectivity index (χ3n) is 3.62. The number of carbonyl (C=O) groups is 1. The van der Waals surface area contributed by atoms with E-state index in [-0.39, 0.29) is 25.4 Å². The van der Waals surface area contributed by atoms with Gasteiger partial charge in [-0.05, 0) is 17.7 Å². The lowest BCUT2D eigenvalue weighted by atomic mass is 10.1. The van der Waals surface area contributed by atoms with Gasteiger partial charge in [0.05, 0.1) is 20.1 Å². The van der Waals surface area contributed by atoms with Crippen LogP contribution >= 0.6 is 0 Å². The summed E-state index contributed by atoms with van der Waals surface area (Å²) in [6, 6.07) is 7.23. The predicted molar refractivity (Wildman–Crippen MR) is 75.8 cm³/mol. The van der Waals surface area contributed by atoms with E-state index in [0.29, 0.717) is 18.8 Å². The van der Waals surface area contributed by atoms with Crippen LogP contribution in [0.5, 0.6) is 5.75 Å². The maximum atomic E-state index is 12.3. The Kier molecular flexibility index (Phi) is 5.28. The summed E-state index contributed by atoms with van der Waals surface area (Å²) in [5, 5.41) is 0. The summed E-state index contributed by atoms with van der Waals surface area (Å²) in [5.41, 5.74) is 0.835. The van der Waals surface area contributed by atoms with Crippen molar-refractivity contribution in [2.24, 2.45) is 0 Å². The van der Waals surface area contributed by atoms with Gasteiger partial charge in [-0.3, -0.25) is 9.69 Å². The third-order valence-corrected chi connectivity index (χ3v) is 3.62. The van der Waals surface area contributed by atoms with Crippen molar-refractivity contribution >= 4 is 5.91 Å². The molecule has 4 nitrogen and oxygen atoms in total. The first kappa shape index (κ1) is 16.6. The Morgan fingerprint density at radius 3 is 2.50 bits per heavy atom. The highest BCUT2D eigenvalue weighted by Gasteiger charge is 2.32. The second-order valence-corrected chi connectivity index (χ2v) is 5.30. The average molecular weight is 316 g/mol. The Labute approximate surface area is 127 Å². The largest absolute Gasteiger partial charge is 0.497 e. The van der Waals surface area contributed by atoms with Crippen LogP contribution in [0.25, 0.3) is 0 Å². The molecule has 1 aromatic rings. The van der Waals surface area contributed by atoms with E-state index >= 15 is 0 Å². The number of nitrogens with zero attached hydrogens (tertiary/aromatic N) is 2. The molecule has 0 unspecified atom stereocenters. The SMILES string of the molecule is COc1cccc(CC(=O)N2CCN(CC(F)(F)F)CC2)c1. The molecule has 1 fully saturated rings. The van der Waals surface area contributed by atoms with Gasteiger partial charge in [-0.15, -0.1) is 0 Å². The molecule has 1 aromatic carbocycles. The Hall–Kier alpha value is -1.76. The van der Waals surface area contributed by atoms with E-state index in [0.717, 1.165) is 5.56 Å². The normalized spacial score (nSPS) is 16.6. The minimum Gasteiger partial charge on any atom is -0.497 e. The van der Waals surface area contributed by atoms with Crippen molar-refractivity contribution in [1.29, 1.82) is 0 Å². The molecule has 1 aliphatic rings.